The van der Waals surface area contributed by atoms with Gasteiger partial charge in [-0.1, -0.05) is 0 Å². The highest BCUT2D eigenvalue weighted by atomic mass is 16.5. The van der Waals surface area contributed by atoms with Crippen LogP contribution in [-0.2, 0) is 9.47 Å². The van der Waals surface area contributed by atoms with Gasteiger partial charge in [-0.15, -0.1) is 0 Å². The Balaban J connectivity index is 1.96. The van der Waals surface area contributed by atoms with E-state index in [0.29, 0.717) is 12.0 Å². The van der Waals surface area contributed by atoms with E-state index in [4.69, 9.17) is 9.47 Å². The molecule has 0 aromatic rings. The summed E-state index contributed by atoms with van der Waals surface area (Å²) in [7, 11) is 2.07. The molecule has 2 heterocycles. The number of hydrogen-bond donors (Lipinski definition) is 1. The molecule has 2 aliphatic heterocycles. The van der Waals surface area contributed by atoms with Crippen molar-refractivity contribution in [1.29, 1.82) is 0 Å². The lowest BCUT2D eigenvalue weighted by molar-refractivity contribution is -0.181. The van der Waals surface area contributed by atoms with Crippen LogP contribution in [0.1, 0.15) is 34.1 Å². The maximum Gasteiger partial charge on any atom is 0.0760 e. The standard InChI is InChI=1S/C15H30N2O2/c1-14(2)10-17(11-15(3,4)19-14)8-13(16-5)12-6-7-18-9-12/h12-13,16H,6-11H2,1-5H3. The summed E-state index contributed by atoms with van der Waals surface area (Å²) in [6, 6.07) is 0.521. The van der Waals surface area contributed by atoms with Crippen molar-refractivity contribution in [3.8, 4) is 0 Å². The SMILES string of the molecule is CNC(CN1CC(C)(C)OC(C)(C)C1)C1CCOC1. The quantitative estimate of drug-likeness (QED) is 0.839. The highest BCUT2D eigenvalue weighted by Gasteiger charge is 2.39. The Kier molecular flexibility index (Phi) is 4.56. The second kappa shape index (κ2) is 5.68. The highest BCUT2D eigenvalue weighted by molar-refractivity contribution is 4.91. The summed E-state index contributed by atoms with van der Waals surface area (Å²) in [5, 5.41) is 3.48. The molecule has 0 aromatic carbocycles. The van der Waals surface area contributed by atoms with Crippen molar-refractivity contribution in [3.63, 3.8) is 0 Å². The Morgan fingerprint density at radius 2 is 1.84 bits per heavy atom. The van der Waals surface area contributed by atoms with E-state index >= 15 is 0 Å². The van der Waals surface area contributed by atoms with Crippen LogP contribution in [-0.4, -0.2) is 62.0 Å². The lowest BCUT2D eigenvalue weighted by Gasteiger charge is -2.48. The van der Waals surface area contributed by atoms with Crippen LogP contribution in [0.2, 0.25) is 0 Å². The van der Waals surface area contributed by atoms with Crippen LogP contribution in [0.25, 0.3) is 0 Å². The Morgan fingerprint density at radius 3 is 2.32 bits per heavy atom. The van der Waals surface area contributed by atoms with Gasteiger partial charge in [-0.2, -0.15) is 0 Å². The van der Waals surface area contributed by atoms with Crippen LogP contribution >= 0.6 is 0 Å². The molecule has 2 aliphatic rings. The van der Waals surface area contributed by atoms with Crippen LogP contribution in [0.4, 0.5) is 0 Å². The Morgan fingerprint density at radius 1 is 1.21 bits per heavy atom. The molecule has 112 valence electrons. The van der Waals surface area contributed by atoms with Gasteiger partial charge in [0.2, 0.25) is 0 Å². The second-order valence-corrected chi connectivity index (χ2v) is 7.31. The van der Waals surface area contributed by atoms with Crippen molar-refractivity contribution in [2.75, 3.05) is 39.9 Å². The third-order valence-corrected chi connectivity index (χ3v) is 4.12. The maximum absolute atomic E-state index is 6.15. The fraction of sp³-hybridized carbons (Fsp3) is 1.00. The zero-order valence-corrected chi connectivity index (χ0v) is 13.2. The molecule has 0 bridgehead atoms. The van der Waals surface area contributed by atoms with Crippen LogP contribution in [0.15, 0.2) is 0 Å². The van der Waals surface area contributed by atoms with Gasteiger partial charge in [0.1, 0.15) is 0 Å². The summed E-state index contributed by atoms with van der Waals surface area (Å²) in [5.74, 6) is 0.652. The van der Waals surface area contributed by atoms with E-state index in [1.807, 2.05) is 0 Å². The fourth-order valence-corrected chi connectivity index (χ4v) is 3.70. The predicted molar refractivity (Wildman–Crippen MR) is 77.5 cm³/mol. The summed E-state index contributed by atoms with van der Waals surface area (Å²) in [6.07, 6.45) is 1.18. The molecule has 1 N–H and O–H groups in total. The summed E-state index contributed by atoms with van der Waals surface area (Å²) >= 11 is 0. The van der Waals surface area contributed by atoms with Crippen molar-refractivity contribution in [1.82, 2.24) is 10.2 Å². The Hall–Kier alpha value is -0.160. The summed E-state index contributed by atoms with van der Waals surface area (Å²) < 4.78 is 11.7. The minimum absolute atomic E-state index is 0.0633. The Bertz CT molecular complexity index is 283. The number of hydrogen-bond acceptors (Lipinski definition) is 4. The predicted octanol–water partition coefficient (Wildman–Crippen LogP) is 1.50. The first-order valence-electron chi connectivity index (χ1n) is 7.49. The minimum Gasteiger partial charge on any atom is -0.381 e. The molecule has 2 unspecified atom stereocenters. The lowest BCUT2D eigenvalue weighted by atomic mass is 9.95. The summed E-state index contributed by atoms with van der Waals surface area (Å²) in [4.78, 5) is 2.54. The third-order valence-electron chi connectivity index (χ3n) is 4.12. The molecule has 2 atom stereocenters. The van der Waals surface area contributed by atoms with E-state index in [1.165, 1.54) is 6.42 Å². The van der Waals surface area contributed by atoms with E-state index in [2.05, 4.69) is 45.0 Å². The van der Waals surface area contributed by atoms with Crippen molar-refractivity contribution in [2.45, 2.75) is 51.4 Å². The number of morpholine rings is 1. The molecule has 2 rings (SSSR count). The first-order valence-corrected chi connectivity index (χ1v) is 7.49. The van der Waals surface area contributed by atoms with Crippen molar-refractivity contribution in [3.05, 3.63) is 0 Å². The molecule has 0 saturated carbocycles. The molecule has 2 fully saturated rings. The normalized spacial score (nSPS) is 32.4. The van der Waals surface area contributed by atoms with Gasteiger partial charge in [0.25, 0.3) is 0 Å². The zero-order valence-electron chi connectivity index (χ0n) is 13.2. The van der Waals surface area contributed by atoms with Gasteiger partial charge in [0, 0.05) is 38.2 Å². The lowest BCUT2D eigenvalue weighted by Crippen LogP contribution is -2.59. The van der Waals surface area contributed by atoms with E-state index in [1.54, 1.807) is 0 Å². The molecule has 0 amide bonds. The van der Waals surface area contributed by atoms with E-state index in [-0.39, 0.29) is 11.2 Å². The first-order chi connectivity index (χ1) is 8.81. The monoisotopic (exact) mass is 270 g/mol. The molecule has 0 aromatic heterocycles. The molecule has 19 heavy (non-hydrogen) atoms. The van der Waals surface area contributed by atoms with Crippen molar-refractivity contribution < 1.29 is 9.47 Å². The summed E-state index contributed by atoms with van der Waals surface area (Å²) in [5.41, 5.74) is -0.127. The van der Waals surface area contributed by atoms with Gasteiger partial charge in [-0.25, -0.2) is 0 Å². The van der Waals surface area contributed by atoms with Gasteiger partial charge in [0.15, 0.2) is 0 Å². The fourth-order valence-electron chi connectivity index (χ4n) is 3.70. The number of nitrogens with zero attached hydrogens (tertiary/aromatic N) is 1. The molecule has 4 heteroatoms. The van der Waals surface area contributed by atoms with E-state index < -0.39 is 0 Å². The number of nitrogens with one attached hydrogen (secondary N) is 1. The number of ether oxygens (including phenoxy) is 2. The van der Waals surface area contributed by atoms with Gasteiger partial charge in [0.05, 0.1) is 17.8 Å². The molecule has 0 aliphatic carbocycles. The molecule has 0 spiro atoms. The van der Waals surface area contributed by atoms with E-state index in [0.717, 1.165) is 32.8 Å². The number of rotatable bonds is 4. The van der Waals surface area contributed by atoms with Gasteiger partial charge in [-0.05, 0) is 41.2 Å². The smallest absolute Gasteiger partial charge is 0.0760 e. The van der Waals surface area contributed by atoms with Crippen LogP contribution in [0.3, 0.4) is 0 Å². The first kappa shape index (κ1) is 15.2. The molecular formula is C15H30N2O2. The van der Waals surface area contributed by atoms with Crippen LogP contribution in [0.5, 0.6) is 0 Å². The van der Waals surface area contributed by atoms with Crippen LogP contribution < -0.4 is 5.32 Å². The summed E-state index contributed by atoms with van der Waals surface area (Å²) in [6.45, 7) is 13.7. The van der Waals surface area contributed by atoms with E-state index in [9.17, 15) is 0 Å². The molecule has 2 saturated heterocycles. The Labute approximate surface area is 117 Å². The highest BCUT2D eigenvalue weighted by Crippen LogP contribution is 2.29. The topological polar surface area (TPSA) is 33.7 Å². The largest absolute Gasteiger partial charge is 0.381 e. The molecule has 4 nitrogen and oxygen atoms in total. The zero-order chi connectivity index (χ0) is 14.1. The van der Waals surface area contributed by atoms with Crippen molar-refractivity contribution >= 4 is 0 Å². The average molecular weight is 270 g/mol. The van der Waals surface area contributed by atoms with Crippen LogP contribution in [0, 0.1) is 5.92 Å². The van der Waals surface area contributed by atoms with Crippen molar-refractivity contribution in [2.24, 2.45) is 5.92 Å². The molecule has 0 radical (unpaired) electrons. The number of likely N-dealkylation sites (N-methyl/N-ethyl adjacent to an activating group) is 1. The van der Waals surface area contributed by atoms with Gasteiger partial charge in [-0.3, -0.25) is 4.90 Å². The minimum atomic E-state index is -0.0633. The second-order valence-electron chi connectivity index (χ2n) is 7.31. The average Bonchev–Trinajstić information content (AvgIpc) is 2.74. The van der Waals surface area contributed by atoms with Gasteiger partial charge >= 0.3 is 0 Å². The third kappa shape index (κ3) is 4.15. The maximum atomic E-state index is 6.15. The molecular weight excluding hydrogens is 240 g/mol. The van der Waals surface area contributed by atoms with Gasteiger partial charge < -0.3 is 14.8 Å².